The van der Waals surface area contributed by atoms with Gasteiger partial charge in [0.1, 0.15) is 6.04 Å². The Labute approximate surface area is 116 Å². The van der Waals surface area contributed by atoms with E-state index in [4.69, 9.17) is 11.6 Å². The van der Waals surface area contributed by atoms with Crippen molar-refractivity contribution in [2.24, 2.45) is 7.05 Å². The molecule has 1 aromatic rings. The van der Waals surface area contributed by atoms with E-state index in [1.807, 2.05) is 0 Å². The molecule has 0 bridgehead atoms. The summed E-state index contributed by atoms with van der Waals surface area (Å²) in [5, 5.41) is 6.46. The number of sulfonamides is 1. The van der Waals surface area contributed by atoms with Gasteiger partial charge in [0.25, 0.3) is 10.0 Å². The van der Waals surface area contributed by atoms with Crippen molar-refractivity contribution in [2.75, 3.05) is 13.1 Å². The number of aryl methyl sites for hydroxylation is 1. The van der Waals surface area contributed by atoms with Gasteiger partial charge in [-0.15, -0.1) is 0 Å². The average Bonchev–Trinajstić information content (AvgIpc) is 2.69. The van der Waals surface area contributed by atoms with Crippen LogP contribution in [0, 0.1) is 0 Å². The van der Waals surface area contributed by atoms with Crippen molar-refractivity contribution in [3.05, 3.63) is 11.2 Å². The van der Waals surface area contributed by atoms with Crippen molar-refractivity contribution in [3.8, 4) is 0 Å². The first-order chi connectivity index (χ1) is 8.89. The Morgan fingerprint density at radius 1 is 1.58 bits per heavy atom. The number of nitrogens with zero attached hydrogens (tertiary/aromatic N) is 3. The van der Waals surface area contributed by atoms with E-state index in [2.05, 4.69) is 10.4 Å². The normalized spacial score (nSPS) is 21.4. The third-order valence-electron chi connectivity index (χ3n) is 3.06. The Kier molecular flexibility index (Phi) is 3.84. The topological polar surface area (TPSA) is 84.3 Å². The predicted octanol–water partition coefficient (Wildman–Crippen LogP) is -0.0274. The predicted molar refractivity (Wildman–Crippen MR) is 69.2 cm³/mol. The number of rotatable bonds is 3. The highest BCUT2D eigenvalue weighted by molar-refractivity contribution is 7.89. The first-order valence-electron chi connectivity index (χ1n) is 5.86. The van der Waals surface area contributed by atoms with Gasteiger partial charge in [0.15, 0.2) is 5.03 Å². The second-order valence-electron chi connectivity index (χ2n) is 4.25. The third-order valence-corrected chi connectivity index (χ3v) is 5.48. The Morgan fingerprint density at radius 3 is 2.79 bits per heavy atom. The summed E-state index contributed by atoms with van der Waals surface area (Å²) >= 11 is 5.89. The molecule has 1 aliphatic heterocycles. The molecule has 106 valence electrons. The monoisotopic (exact) mass is 306 g/mol. The minimum Gasteiger partial charge on any atom is -0.353 e. The van der Waals surface area contributed by atoms with E-state index in [0.29, 0.717) is 13.0 Å². The van der Waals surface area contributed by atoms with Crippen molar-refractivity contribution >= 4 is 27.5 Å². The summed E-state index contributed by atoms with van der Waals surface area (Å²) < 4.78 is 27.6. The highest BCUT2D eigenvalue weighted by atomic mass is 35.5. The zero-order valence-electron chi connectivity index (χ0n) is 10.6. The lowest BCUT2D eigenvalue weighted by atomic mass is 10.2. The molecule has 1 aliphatic rings. The second kappa shape index (κ2) is 5.10. The quantitative estimate of drug-likeness (QED) is 0.850. The molecule has 1 unspecified atom stereocenters. The van der Waals surface area contributed by atoms with Gasteiger partial charge in [0.2, 0.25) is 5.91 Å². The van der Waals surface area contributed by atoms with Crippen LogP contribution in [-0.2, 0) is 21.9 Å². The van der Waals surface area contributed by atoms with Gasteiger partial charge < -0.3 is 5.32 Å². The summed E-state index contributed by atoms with van der Waals surface area (Å²) in [6.45, 7) is 2.29. The number of halogens is 1. The molecule has 2 heterocycles. The molecule has 9 heteroatoms. The van der Waals surface area contributed by atoms with Gasteiger partial charge in [-0.25, -0.2) is 8.42 Å². The molecule has 0 aromatic carbocycles. The maximum Gasteiger partial charge on any atom is 0.262 e. The molecular formula is C10H15ClN4O3S. The number of piperazine rings is 1. The van der Waals surface area contributed by atoms with Crippen molar-refractivity contribution < 1.29 is 13.2 Å². The molecule has 1 amide bonds. The zero-order valence-corrected chi connectivity index (χ0v) is 12.2. The summed E-state index contributed by atoms with van der Waals surface area (Å²) in [7, 11) is -2.33. The number of hydrogen-bond acceptors (Lipinski definition) is 4. The van der Waals surface area contributed by atoms with Crippen LogP contribution in [0.4, 0.5) is 0 Å². The van der Waals surface area contributed by atoms with Crippen molar-refractivity contribution in [2.45, 2.75) is 24.4 Å². The standard InChI is InChI=1S/C10H15ClN4O3S/c1-3-8-9(16)12-4-5-15(8)19(17,18)10-7(11)6-13-14(10)2/h6,8H,3-5H2,1-2H3,(H,12,16). The van der Waals surface area contributed by atoms with Crippen LogP contribution in [0.5, 0.6) is 0 Å². The van der Waals surface area contributed by atoms with Crippen LogP contribution in [0.25, 0.3) is 0 Å². The lowest BCUT2D eigenvalue weighted by Gasteiger charge is -2.33. The van der Waals surface area contributed by atoms with Gasteiger partial charge in [-0.05, 0) is 6.42 Å². The smallest absolute Gasteiger partial charge is 0.262 e. The van der Waals surface area contributed by atoms with Crippen molar-refractivity contribution in [1.29, 1.82) is 0 Å². The Morgan fingerprint density at radius 2 is 2.26 bits per heavy atom. The van der Waals surface area contributed by atoms with E-state index in [1.165, 1.54) is 22.2 Å². The number of aromatic nitrogens is 2. The van der Waals surface area contributed by atoms with Crippen LogP contribution in [0.2, 0.25) is 5.02 Å². The van der Waals surface area contributed by atoms with E-state index in [0.717, 1.165) is 0 Å². The largest absolute Gasteiger partial charge is 0.353 e. The molecule has 2 rings (SSSR count). The summed E-state index contributed by atoms with van der Waals surface area (Å²) in [5.41, 5.74) is 0. The number of hydrogen-bond donors (Lipinski definition) is 1. The van der Waals surface area contributed by atoms with Crippen LogP contribution in [-0.4, -0.2) is 47.5 Å². The maximum absolute atomic E-state index is 12.6. The highest BCUT2D eigenvalue weighted by Gasteiger charge is 2.39. The zero-order chi connectivity index (χ0) is 14.2. The minimum atomic E-state index is -3.83. The Hall–Kier alpha value is -1.12. The van der Waals surface area contributed by atoms with Crippen LogP contribution in [0.15, 0.2) is 11.2 Å². The minimum absolute atomic E-state index is 0.0586. The van der Waals surface area contributed by atoms with E-state index in [-0.39, 0.29) is 22.5 Å². The fourth-order valence-electron chi connectivity index (χ4n) is 2.17. The molecule has 1 aromatic heterocycles. The summed E-state index contributed by atoms with van der Waals surface area (Å²) in [4.78, 5) is 11.7. The van der Waals surface area contributed by atoms with Crippen molar-refractivity contribution in [3.63, 3.8) is 0 Å². The molecular weight excluding hydrogens is 292 g/mol. The van der Waals surface area contributed by atoms with E-state index in [1.54, 1.807) is 6.92 Å². The molecule has 0 saturated carbocycles. The van der Waals surface area contributed by atoms with Gasteiger partial charge in [-0.2, -0.15) is 9.40 Å². The van der Waals surface area contributed by atoms with E-state index >= 15 is 0 Å². The first kappa shape index (κ1) is 14.3. The third kappa shape index (κ3) is 2.35. The molecule has 0 spiro atoms. The van der Waals surface area contributed by atoms with Crippen LogP contribution in [0.3, 0.4) is 0 Å². The summed E-state index contributed by atoms with van der Waals surface area (Å²) in [6, 6.07) is -0.704. The summed E-state index contributed by atoms with van der Waals surface area (Å²) in [5.74, 6) is -0.282. The second-order valence-corrected chi connectivity index (χ2v) is 6.47. The fraction of sp³-hybridized carbons (Fsp3) is 0.600. The number of amides is 1. The van der Waals surface area contributed by atoms with Crippen LogP contribution >= 0.6 is 11.6 Å². The van der Waals surface area contributed by atoms with E-state index < -0.39 is 16.1 Å². The van der Waals surface area contributed by atoms with Gasteiger partial charge in [0, 0.05) is 20.1 Å². The first-order valence-corrected chi connectivity index (χ1v) is 7.68. The van der Waals surface area contributed by atoms with Crippen LogP contribution < -0.4 is 5.32 Å². The van der Waals surface area contributed by atoms with Gasteiger partial charge >= 0.3 is 0 Å². The van der Waals surface area contributed by atoms with Crippen molar-refractivity contribution in [1.82, 2.24) is 19.4 Å². The SMILES string of the molecule is CCC1C(=O)NCCN1S(=O)(=O)c1c(Cl)cnn1C. The Bertz CT molecular complexity index is 578. The number of carbonyl (C=O) groups is 1. The fourth-order valence-corrected chi connectivity index (χ4v) is 4.44. The maximum atomic E-state index is 12.6. The summed E-state index contributed by atoms with van der Waals surface area (Å²) in [6.07, 6.45) is 1.68. The number of carbonyl (C=O) groups excluding carboxylic acids is 1. The molecule has 0 radical (unpaired) electrons. The van der Waals surface area contributed by atoms with Gasteiger partial charge in [-0.3, -0.25) is 9.48 Å². The highest BCUT2D eigenvalue weighted by Crippen LogP contribution is 2.26. The molecule has 0 aliphatic carbocycles. The van der Waals surface area contributed by atoms with Crippen LogP contribution in [0.1, 0.15) is 13.3 Å². The molecule has 19 heavy (non-hydrogen) atoms. The van der Waals surface area contributed by atoms with Gasteiger partial charge in [-0.1, -0.05) is 18.5 Å². The molecule has 1 fully saturated rings. The van der Waals surface area contributed by atoms with Gasteiger partial charge in [0.05, 0.1) is 11.2 Å². The average molecular weight is 307 g/mol. The molecule has 1 N–H and O–H groups in total. The lowest BCUT2D eigenvalue weighted by Crippen LogP contribution is -2.56. The lowest BCUT2D eigenvalue weighted by molar-refractivity contribution is -0.126. The Balaban J connectivity index is 2.47. The molecule has 7 nitrogen and oxygen atoms in total. The number of nitrogens with one attached hydrogen (secondary N) is 1. The molecule has 1 atom stereocenters. The van der Waals surface area contributed by atoms with E-state index in [9.17, 15) is 13.2 Å². The molecule has 1 saturated heterocycles.